The molecule has 0 aliphatic carbocycles. The van der Waals surface area contributed by atoms with Crippen molar-refractivity contribution in [3.8, 4) is 5.75 Å². The average molecular weight is 195 g/mol. The number of aliphatic hydroxyl groups is 1. The molecule has 0 spiro atoms. The summed E-state index contributed by atoms with van der Waals surface area (Å²) in [5, 5.41) is 8.45. The molecule has 4 nitrogen and oxygen atoms in total. The van der Waals surface area contributed by atoms with Gasteiger partial charge < -0.3 is 15.6 Å². The molecule has 0 aliphatic rings. The summed E-state index contributed by atoms with van der Waals surface area (Å²) in [6.07, 6.45) is 0.223. The van der Waals surface area contributed by atoms with Gasteiger partial charge in [0.1, 0.15) is 12.4 Å². The van der Waals surface area contributed by atoms with Crippen LogP contribution in [0.4, 0.5) is 5.69 Å². The second-order valence-corrected chi connectivity index (χ2v) is 2.86. The first-order chi connectivity index (χ1) is 6.72. The lowest BCUT2D eigenvalue weighted by atomic mass is 10.3. The highest BCUT2D eigenvalue weighted by Crippen LogP contribution is 2.12. The molecule has 0 aliphatic heterocycles. The van der Waals surface area contributed by atoms with Crippen molar-refractivity contribution in [3.05, 3.63) is 24.3 Å². The predicted octanol–water partition coefficient (Wildman–Crippen LogP) is 0.599. The van der Waals surface area contributed by atoms with Gasteiger partial charge in [-0.05, 0) is 24.3 Å². The van der Waals surface area contributed by atoms with Crippen LogP contribution in [0.1, 0.15) is 6.42 Å². The third kappa shape index (κ3) is 3.45. The second-order valence-electron chi connectivity index (χ2n) is 2.86. The number of nitrogens with two attached hydrogens (primary N) is 1. The summed E-state index contributed by atoms with van der Waals surface area (Å²) >= 11 is 0. The highest BCUT2D eigenvalue weighted by Gasteiger charge is 1.99. The van der Waals surface area contributed by atoms with Crippen LogP contribution in [0.2, 0.25) is 0 Å². The van der Waals surface area contributed by atoms with Gasteiger partial charge >= 0.3 is 0 Å². The molecule has 3 N–H and O–H groups in total. The Bertz CT molecular complexity index is 295. The van der Waals surface area contributed by atoms with Crippen molar-refractivity contribution in [1.29, 1.82) is 0 Å². The van der Waals surface area contributed by atoms with Crippen molar-refractivity contribution >= 4 is 11.5 Å². The van der Waals surface area contributed by atoms with Crippen LogP contribution in [0, 0.1) is 0 Å². The van der Waals surface area contributed by atoms with Crippen molar-refractivity contribution < 1.29 is 14.6 Å². The molecule has 0 bridgehead atoms. The Morgan fingerprint density at radius 3 is 2.57 bits per heavy atom. The number of benzene rings is 1. The molecule has 1 rings (SSSR count). The van der Waals surface area contributed by atoms with Crippen LogP contribution in [0.15, 0.2) is 24.3 Å². The van der Waals surface area contributed by atoms with Gasteiger partial charge in [0.25, 0.3) is 0 Å². The molecule has 0 heterocycles. The number of rotatable bonds is 5. The number of anilines is 1. The van der Waals surface area contributed by atoms with Crippen LogP contribution < -0.4 is 10.5 Å². The summed E-state index contributed by atoms with van der Waals surface area (Å²) in [7, 11) is 0. The van der Waals surface area contributed by atoms with Gasteiger partial charge in [-0.15, -0.1) is 0 Å². The zero-order valence-electron chi connectivity index (χ0n) is 7.77. The van der Waals surface area contributed by atoms with E-state index in [9.17, 15) is 4.79 Å². The highest BCUT2D eigenvalue weighted by atomic mass is 16.5. The lowest BCUT2D eigenvalue weighted by Crippen LogP contribution is -2.09. The molecule has 0 atom stereocenters. The number of ether oxygens (including phenoxy) is 1. The van der Waals surface area contributed by atoms with E-state index in [1.165, 1.54) is 0 Å². The number of carbonyl (C=O) groups excluding carboxylic acids is 1. The molecule has 1 aromatic carbocycles. The molecule has 14 heavy (non-hydrogen) atoms. The standard InChI is InChI=1S/C10H13NO3/c11-8-1-3-10(4-2-8)14-6-5-9(13)7-12/h1-4,12H,5-7,11H2. The van der Waals surface area contributed by atoms with Gasteiger partial charge in [-0.3, -0.25) is 4.79 Å². The minimum Gasteiger partial charge on any atom is -0.493 e. The largest absolute Gasteiger partial charge is 0.493 e. The van der Waals surface area contributed by atoms with Crippen LogP contribution in [0.25, 0.3) is 0 Å². The van der Waals surface area contributed by atoms with E-state index < -0.39 is 6.61 Å². The van der Waals surface area contributed by atoms with E-state index >= 15 is 0 Å². The van der Waals surface area contributed by atoms with Crippen molar-refractivity contribution in [2.45, 2.75) is 6.42 Å². The van der Waals surface area contributed by atoms with Gasteiger partial charge in [0.15, 0.2) is 5.78 Å². The van der Waals surface area contributed by atoms with E-state index in [2.05, 4.69) is 0 Å². The van der Waals surface area contributed by atoms with E-state index in [1.807, 2.05) is 0 Å². The Morgan fingerprint density at radius 1 is 1.36 bits per heavy atom. The highest BCUT2D eigenvalue weighted by molar-refractivity contribution is 5.79. The molecule has 0 saturated carbocycles. The third-order valence-corrected chi connectivity index (χ3v) is 1.71. The number of Topliss-reactive ketones (excluding diaryl/α,β-unsaturated/α-hetero) is 1. The maximum Gasteiger partial charge on any atom is 0.161 e. The lowest BCUT2D eigenvalue weighted by molar-refractivity contribution is -0.122. The molecule has 0 amide bonds. The Kier molecular flexibility index (Phi) is 3.94. The van der Waals surface area contributed by atoms with Gasteiger partial charge in [-0.25, -0.2) is 0 Å². The summed E-state index contributed by atoms with van der Waals surface area (Å²) < 4.78 is 5.25. The first-order valence-corrected chi connectivity index (χ1v) is 4.33. The minimum absolute atomic E-state index is 0.222. The first-order valence-electron chi connectivity index (χ1n) is 4.33. The van der Waals surface area contributed by atoms with Crippen molar-refractivity contribution in [3.63, 3.8) is 0 Å². The molecular formula is C10H13NO3. The van der Waals surface area contributed by atoms with Gasteiger partial charge in [0.05, 0.1) is 6.61 Å². The van der Waals surface area contributed by atoms with Gasteiger partial charge in [-0.1, -0.05) is 0 Å². The maximum atomic E-state index is 10.7. The molecule has 0 aromatic heterocycles. The maximum absolute atomic E-state index is 10.7. The summed E-state index contributed by atoms with van der Waals surface area (Å²) in [5.74, 6) is 0.449. The van der Waals surface area contributed by atoms with Crippen LogP contribution in [-0.4, -0.2) is 24.1 Å². The molecule has 0 radical (unpaired) electrons. The number of carbonyl (C=O) groups is 1. The zero-order chi connectivity index (χ0) is 10.4. The van der Waals surface area contributed by atoms with Crippen molar-refractivity contribution in [1.82, 2.24) is 0 Å². The van der Waals surface area contributed by atoms with E-state index in [4.69, 9.17) is 15.6 Å². The fourth-order valence-electron chi connectivity index (χ4n) is 0.926. The third-order valence-electron chi connectivity index (χ3n) is 1.71. The predicted molar refractivity (Wildman–Crippen MR) is 53.1 cm³/mol. The van der Waals surface area contributed by atoms with Crippen molar-refractivity contribution in [2.24, 2.45) is 0 Å². The second kappa shape index (κ2) is 5.24. The Morgan fingerprint density at radius 2 is 2.00 bits per heavy atom. The Hall–Kier alpha value is -1.55. The number of nitrogen functional groups attached to an aromatic ring is 1. The fourth-order valence-corrected chi connectivity index (χ4v) is 0.926. The van der Waals surface area contributed by atoms with Crippen LogP contribution in [0.3, 0.4) is 0 Å². The monoisotopic (exact) mass is 195 g/mol. The van der Waals surface area contributed by atoms with Gasteiger partial charge in [0.2, 0.25) is 0 Å². The molecule has 1 aromatic rings. The quantitative estimate of drug-likeness (QED) is 0.675. The zero-order valence-corrected chi connectivity index (χ0v) is 7.77. The topological polar surface area (TPSA) is 72.5 Å². The Labute approximate surface area is 82.3 Å². The van der Waals surface area contributed by atoms with E-state index in [-0.39, 0.29) is 18.8 Å². The molecule has 0 fully saturated rings. The number of aliphatic hydroxyl groups excluding tert-OH is 1. The number of hydrogen-bond donors (Lipinski definition) is 2. The lowest BCUT2D eigenvalue weighted by Gasteiger charge is -2.04. The minimum atomic E-state index is -0.425. The average Bonchev–Trinajstić information content (AvgIpc) is 2.21. The fraction of sp³-hybridized carbons (Fsp3) is 0.300. The smallest absolute Gasteiger partial charge is 0.161 e. The van der Waals surface area contributed by atoms with E-state index in [0.717, 1.165) is 0 Å². The van der Waals surface area contributed by atoms with E-state index in [1.54, 1.807) is 24.3 Å². The molecule has 0 unspecified atom stereocenters. The SMILES string of the molecule is Nc1ccc(OCCC(=O)CO)cc1. The van der Waals surface area contributed by atoms with Crippen LogP contribution in [0.5, 0.6) is 5.75 Å². The molecule has 76 valence electrons. The molecule has 0 saturated heterocycles. The van der Waals surface area contributed by atoms with E-state index in [0.29, 0.717) is 11.4 Å². The van der Waals surface area contributed by atoms with Crippen LogP contribution >= 0.6 is 0 Å². The first kappa shape index (κ1) is 10.5. The van der Waals surface area contributed by atoms with Gasteiger partial charge in [0, 0.05) is 12.1 Å². The summed E-state index contributed by atoms with van der Waals surface area (Å²) in [6.45, 7) is -0.144. The van der Waals surface area contributed by atoms with Crippen LogP contribution in [-0.2, 0) is 4.79 Å². The number of ketones is 1. The normalized spacial score (nSPS) is 9.79. The molecule has 4 heteroatoms. The van der Waals surface area contributed by atoms with Crippen molar-refractivity contribution in [2.75, 3.05) is 18.9 Å². The summed E-state index contributed by atoms with van der Waals surface area (Å²) in [6, 6.07) is 6.92. The van der Waals surface area contributed by atoms with Gasteiger partial charge in [-0.2, -0.15) is 0 Å². The Balaban J connectivity index is 2.31. The number of hydrogen-bond acceptors (Lipinski definition) is 4. The molecular weight excluding hydrogens is 182 g/mol. The summed E-state index contributed by atoms with van der Waals surface area (Å²) in [4.78, 5) is 10.7. The summed E-state index contributed by atoms with van der Waals surface area (Å²) in [5.41, 5.74) is 6.15.